The number of benzene rings is 2. The molecule has 0 bridgehead atoms. The van der Waals surface area contributed by atoms with E-state index < -0.39 is 6.10 Å². The lowest BCUT2D eigenvalue weighted by Gasteiger charge is -2.12. The van der Waals surface area contributed by atoms with Gasteiger partial charge >= 0.3 is 0 Å². The second-order valence-corrected chi connectivity index (χ2v) is 5.37. The molecule has 1 N–H and O–H groups in total. The molecule has 2 aromatic rings. The highest BCUT2D eigenvalue weighted by atomic mass is 35.5. The van der Waals surface area contributed by atoms with E-state index in [9.17, 15) is 4.79 Å². The lowest BCUT2D eigenvalue weighted by Crippen LogP contribution is -2.33. The van der Waals surface area contributed by atoms with Crippen LogP contribution in [-0.4, -0.2) is 18.2 Å². The van der Waals surface area contributed by atoms with Crippen LogP contribution in [0, 0.1) is 0 Å². The van der Waals surface area contributed by atoms with Crippen molar-refractivity contribution in [2.75, 3.05) is 0 Å². The number of hydrazone groups is 1. The minimum atomic E-state index is -0.677. The number of hydrogen-bond donors (Lipinski definition) is 1. The van der Waals surface area contributed by atoms with E-state index in [0.717, 1.165) is 5.56 Å². The highest BCUT2D eigenvalue weighted by molar-refractivity contribution is 6.30. The van der Waals surface area contributed by atoms with Gasteiger partial charge in [0.25, 0.3) is 5.91 Å². The van der Waals surface area contributed by atoms with Gasteiger partial charge in [0.05, 0.1) is 6.21 Å². The van der Waals surface area contributed by atoms with Crippen molar-refractivity contribution < 1.29 is 9.53 Å². The van der Waals surface area contributed by atoms with Crippen molar-refractivity contribution >= 4 is 35.3 Å². The SMILES string of the molecule is CC(Oc1ccc(Cl)cc1)C(=O)N/N=C/c1ccc(Cl)cc1. The number of amides is 1. The van der Waals surface area contributed by atoms with Crippen LogP contribution >= 0.6 is 23.2 Å². The number of halogens is 2. The van der Waals surface area contributed by atoms with E-state index in [1.807, 2.05) is 0 Å². The normalized spacial score (nSPS) is 12.1. The van der Waals surface area contributed by atoms with Gasteiger partial charge in [0.2, 0.25) is 0 Å². The van der Waals surface area contributed by atoms with E-state index >= 15 is 0 Å². The molecule has 0 saturated heterocycles. The van der Waals surface area contributed by atoms with E-state index in [1.165, 1.54) is 6.21 Å². The molecule has 0 aliphatic rings. The van der Waals surface area contributed by atoms with Gasteiger partial charge < -0.3 is 4.74 Å². The molecule has 1 unspecified atom stereocenters. The van der Waals surface area contributed by atoms with Gasteiger partial charge in [-0.1, -0.05) is 35.3 Å². The molecule has 1 amide bonds. The topological polar surface area (TPSA) is 50.7 Å². The van der Waals surface area contributed by atoms with Gasteiger partial charge in [0.15, 0.2) is 6.10 Å². The number of carbonyl (C=O) groups is 1. The largest absolute Gasteiger partial charge is 0.481 e. The Bertz CT molecular complexity index is 655. The zero-order valence-corrected chi connectivity index (χ0v) is 13.3. The molecule has 6 heteroatoms. The molecule has 0 aromatic heterocycles. The van der Waals surface area contributed by atoms with Crippen molar-refractivity contribution in [3.8, 4) is 5.75 Å². The molecule has 22 heavy (non-hydrogen) atoms. The monoisotopic (exact) mass is 336 g/mol. The van der Waals surface area contributed by atoms with Crippen LogP contribution in [0.4, 0.5) is 0 Å². The summed E-state index contributed by atoms with van der Waals surface area (Å²) in [5.74, 6) is 0.217. The molecule has 4 nitrogen and oxygen atoms in total. The van der Waals surface area contributed by atoms with Gasteiger partial charge in [-0.3, -0.25) is 4.79 Å². The van der Waals surface area contributed by atoms with Gasteiger partial charge in [-0.2, -0.15) is 5.10 Å². The Hall–Kier alpha value is -2.04. The van der Waals surface area contributed by atoms with Crippen molar-refractivity contribution in [1.29, 1.82) is 0 Å². The average Bonchev–Trinajstić information content (AvgIpc) is 2.51. The van der Waals surface area contributed by atoms with Gasteiger partial charge in [0, 0.05) is 10.0 Å². The van der Waals surface area contributed by atoms with Crippen molar-refractivity contribution in [2.45, 2.75) is 13.0 Å². The average molecular weight is 337 g/mol. The van der Waals surface area contributed by atoms with E-state index in [4.69, 9.17) is 27.9 Å². The molecule has 0 heterocycles. The zero-order valence-electron chi connectivity index (χ0n) is 11.8. The van der Waals surface area contributed by atoms with Crippen molar-refractivity contribution in [2.24, 2.45) is 5.10 Å². The molecule has 2 aromatic carbocycles. The summed E-state index contributed by atoms with van der Waals surface area (Å²) in [6.45, 7) is 1.64. The molecule has 0 radical (unpaired) electrons. The third kappa shape index (κ3) is 5.06. The van der Waals surface area contributed by atoms with E-state index in [0.29, 0.717) is 15.8 Å². The smallest absolute Gasteiger partial charge is 0.280 e. The summed E-state index contributed by atoms with van der Waals surface area (Å²) in [4.78, 5) is 11.9. The van der Waals surface area contributed by atoms with Gasteiger partial charge in [-0.25, -0.2) is 5.43 Å². The number of ether oxygens (including phenoxy) is 1. The number of nitrogens with zero attached hydrogens (tertiary/aromatic N) is 1. The second-order valence-electron chi connectivity index (χ2n) is 4.50. The molecule has 1 atom stereocenters. The first-order valence-electron chi connectivity index (χ1n) is 6.55. The Morgan fingerprint density at radius 2 is 1.64 bits per heavy atom. The first-order chi connectivity index (χ1) is 10.5. The standard InChI is InChI=1S/C16H14Cl2N2O2/c1-11(22-15-8-6-14(18)7-9-15)16(21)20-19-10-12-2-4-13(17)5-3-12/h2-11H,1H3,(H,20,21)/b19-10+. The van der Waals surface area contributed by atoms with Gasteiger partial charge in [0.1, 0.15) is 5.75 Å². The highest BCUT2D eigenvalue weighted by Gasteiger charge is 2.13. The van der Waals surface area contributed by atoms with Crippen LogP contribution in [0.1, 0.15) is 12.5 Å². The Labute approximate surface area is 138 Å². The maximum Gasteiger partial charge on any atom is 0.280 e. The lowest BCUT2D eigenvalue weighted by molar-refractivity contribution is -0.127. The molecule has 2 rings (SSSR count). The van der Waals surface area contributed by atoms with Gasteiger partial charge in [-0.15, -0.1) is 0 Å². The van der Waals surface area contributed by atoms with Crippen LogP contribution in [0.25, 0.3) is 0 Å². The summed E-state index contributed by atoms with van der Waals surface area (Å²) in [6, 6.07) is 13.9. The maximum absolute atomic E-state index is 11.9. The minimum Gasteiger partial charge on any atom is -0.481 e. The molecule has 0 aliphatic carbocycles. The zero-order chi connectivity index (χ0) is 15.9. The summed E-state index contributed by atoms with van der Waals surface area (Å²) in [5, 5.41) is 5.13. The summed E-state index contributed by atoms with van der Waals surface area (Å²) in [7, 11) is 0. The Morgan fingerprint density at radius 1 is 1.09 bits per heavy atom. The number of rotatable bonds is 5. The Morgan fingerprint density at radius 3 is 2.23 bits per heavy atom. The summed E-state index contributed by atoms with van der Waals surface area (Å²) < 4.78 is 5.49. The summed E-state index contributed by atoms with van der Waals surface area (Å²) >= 11 is 11.6. The molecule has 0 fully saturated rings. The third-order valence-electron chi connectivity index (χ3n) is 2.75. The maximum atomic E-state index is 11.9. The summed E-state index contributed by atoms with van der Waals surface area (Å²) in [6.07, 6.45) is 0.854. The van der Waals surface area contributed by atoms with Crippen LogP contribution < -0.4 is 10.2 Å². The fourth-order valence-corrected chi connectivity index (χ4v) is 1.83. The molecular formula is C16H14Cl2N2O2. The molecule has 0 aliphatic heterocycles. The molecule has 0 saturated carbocycles. The van der Waals surface area contributed by atoms with Gasteiger partial charge in [-0.05, 0) is 48.9 Å². The molecule has 114 valence electrons. The van der Waals surface area contributed by atoms with Crippen LogP contribution in [0.5, 0.6) is 5.75 Å². The minimum absolute atomic E-state index is 0.347. The van der Waals surface area contributed by atoms with Crippen LogP contribution in [0.2, 0.25) is 10.0 Å². The Balaban J connectivity index is 1.85. The molecular weight excluding hydrogens is 323 g/mol. The fraction of sp³-hybridized carbons (Fsp3) is 0.125. The first kappa shape index (κ1) is 16.3. The van der Waals surface area contributed by atoms with Crippen LogP contribution in [-0.2, 0) is 4.79 Å². The molecule has 0 spiro atoms. The Kier molecular flexibility index (Phi) is 5.81. The van der Waals surface area contributed by atoms with E-state index in [-0.39, 0.29) is 5.91 Å². The van der Waals surface area contributed by atoms with Crippen molar-refractivity contribution in [3.63, 3.8) is 0 Å². The van der Waals surface area contributed by atoms with Crippen LogP contribution in [0.15, 0.2) is 53.6 Å². The predicted octanol–water partition coefficient (Wildman–Crippen LogP) is 3.91. The first-order valence-corrected chi connectivity index (χ1v) is 7.31. The van der Waals surface area contributed by atoms with E-state index in [2.05, 4.69) is 10.5 Å². The second kappa shape index (κ2) is 7.82. The number of hydrogen-bond acceptors (Lipinski definition) is 3. The van der Waals surface area contributed by atoms with Crippen LogP contribution in [0.3, 0.4) is 0 Å². The predicted molar refractivity (Wildman–Crippen MR) is 88.7 cm³/mol. The van der Waals surface area contributed by atoms with Crippen molar-refractivity contribution in [1.82, 2.24) is 5.43 Å². The quantitative estimate of drug-likeness (QED) is 0.664. The number of nitrogens with one attached hydrogen (secondary N) is 1. The number of carbonyl (C=O) groups excluding carboxylic acids is 1. The summed E-state index contributed by atoms with van der Waals surface area (Å²) in [5.41, 5.74) is 3.25. The van der Waals surface area contributed by atoms with Crippen molar-refractivity contribution in [3.05, 3.63) is 64.1 Å². The third-order valence-corrected chi connectivity index (χ3v) is 3.26. The van der Waals surface area contributed by atoms with E-state index in [1.54, 1.807) is 55.5 Å². The lowest BCUT2D eigenvalue weighted by atomic mass is 10.2. The fourth-order valence-electron chi connectivity index (χ4n) is 1.58. The highest BCUT2D eigenvalue weighted by Crippen LogP contribution is 2.16.